The van der Waals surface area contributed by atoms with E-state index in [0.29, 0.717) is 0 Å². The molecule has 0 aromatic heterocycles. The van der Waals surface area contributed by atoms with Crippen molar-refractivity contribution in [2.24, 2.45) is 0 Å². The summed E-state index contributed by atoms with van der Waals surface area (Å²) in [5.74, 6) is 0. The fraction of sp³-hybridized carbons (Fsp3) is 0.643. The molecule has 2 aliphatic rings. The summed E-state index contributed by atoms with van der Waals surface area (Å²) in [7, 11) is 0. The molecule has 0 saturated heterocycles. The molecule has 2 rings (SSSR count). The van der Waals surface area contributed by atoms with Gasteiger partial charge in [0.05, 0.1) is 6.04 Å². The van der Waals surface area contributed by atoms with Crippen LogP contribution in [0.15, 0.2) is 24.3 Å². The van der Waals surface area contributed by atoms with Crippen molar-refractivity contribution in [3.63, 3.8) is 0 Å². The third-order valence-electron chi connectivity index (χ3n) is 3.07. The van der Waals surface area contributed by atoms with Crippen LogP contribution in [0.25, 0.3) is 0 Å². The summed E-state index contributed by atoms with van der Waals surface area (Å²) in [6.45, 7) is 5.73. The minimum atomic E-state index is -0.422. The molecule has 94 valence electrons. The predicted octanol–water partition coefficient (Wildman–Crippen LogP) is 3.27. The maximum atomic E-state index is 12.2. The van der Waals surface area contributed by atoms with E-state index in [9.17, 15) is 4.79 Å². The molecule has 0 saturated carbocycles. The molecule has 2 heterocycles. The largest absolute Gasteiger partial charge is 0.444 e. The van der Waals surface area contributed by atoms with Crippen molar-refractivity contribution in [2.75, 3.05) is 0 Å². The Hall–Kier alpha value is -1.25. The van der Waals surface area contributed by atoms with Crippen LogP contribution >= 0.6 is 0 Å². The Labute approximate surface area is 103 Å². The zero-order valence-corrected chi connectivity index (χ0v) is 10.8. The van der Waals surface area contributed by atoms with Gasteiger partial charge in [-0.1, -0.05) is 24.3 Å². The lowest BCUT2D eigenvalue weighted by atomic mass is 10.0. The van der Waals surface area contributed by atoms with Gasteiger partial charge in [0, 0.05) is 6.04 Å². The summed E-state index contributed by atoms with van der Waals surface area (Å²) in [4.78, 5) is 14.1. The Balaban J connectivity index is 2.14. The van der Waals surface area contributed by atoms with Crippen molar-refractivity contribution in [3.8, 4) is 0 Å². The van der Waals surface area contributed by atoms with E-state index >= 15 is 0 Å². The standard InChI is InChI=1S/C14H21NO2/c1-14(2,3)17-13(16)15-11-7-4-5-8-12(15)10-6-9-11/h4-6,9,11-12H,7-8,10H2,1-3H3/t11-,12+/m1/s1. The monoisotopic (exact) mass is 235 g/mol. The van der Waals surface area contributed by atoms with Gasteiger partial charge in [-0.25, -0.2) is 4.79 Å². The van der Waals surface area contributed by atoms with Crippen molar-refractivity contribution in [3.05, 3.63) is 24.3 Å². The molecule has 3 heteroatoms. The molecule has 0 N–H and O–H groups in total. The quantitative estimate of drug-likeness (QED) is 0.603. The lowest BCUT2D eigenvalue weighted by Crippen LogP contribution is -2.49. The van der Waals surface area contributed by atoms with E-state index in [1.54, 1.807) is 0 Å². The van der Waals surface area contributed by atoms with Gasteiger partial charge in [-0.3, -0.25) is 4.90 Å². The Bertz CT molecular complexity index is 352. The summed E-state index contributed by atoms with van der Waals surface area (Å²) < 4.78 is 5.49. The minimum absolute atomic E-state index is 0.169. The summed E-state index contributed by atoms with van der Waals surface area (Å²) >= 11 is 0. The normalized spacial score (nSPS) is 27.8. The summed E-state index contributed by atoms with van der Waals surface area (Å²) in [6, 6.07) is 0.431. The van der Waals surface area contributed by atoms with Crippen LogP contribution in [0.5, 0.6) is 0 Å². The molecule has 0 radical (unpaired) electrons. The number of fused-ring (bicyclic) bond motifs is 2. The highest BCUT2D eigenvalue weighted by atomic mass is 16.6. The molecule has 0 aliphatic carbocycles. The SMILES string of the molecule is CC(C)(C)OC(=O)N1[C@H]2CC=CC[C@@H]1C=CC2. The van der Waals surface area contributed by atoms with Crippen LogP contribution in [0.3, 0.4) is 0 Å². The van der Waals surface area contributed by atoms with E-state index in [2.05, 4.69) is 24.3 Å². The molecule has 3 nitrogen and oxygen atoms in total. The summed E-state index contributed by atoms with van der Waals surface area (Å²) in [5.41, 5.74) is -0.422. The second kappa shape index (κ2) is 4.55. The number of hydrogen-bond acceptors (Lipinski definition) is 2. The maximum absolute atomic E-state index is 12.2. The van der Waals surface area contributed by atoms with Gasteiger partial charge < -0.3 is 4.74 Å². The number of nitrogens with zero attached hydrogens (tertiary/aromatic N) is 1. The Morgan fingerprint density at radius 2 is 1.82 bits per heavy atom. The molecule has 2 atom stereocenters. The number of ether oxygens (including phenoxy) is 1. The first-order valence-electron chi connectivity index (χ1n) is 6.30. The molecule has 17 heavy (non-hydrogen) atoms. The van der Waals surface area contributed by atoms with Crippen LogP contribution in [-0.4, -0.2) is 28.7 Å². The third-order valence-corrected chi connectivity index (χ3v) is 3.07. The first-order chi connectivity index (χ1) is 7.97. The Morgan fingerprint density at radius 1 is 1.18 bits per heavy atom. The number of carbonyl (C=O) groups is 1. The molecule has 1 amide bonds. The molecule has 0 unspecified atom stereocenters. The molecule has 0 aromatic carbocycles. The van der Waals surface area contributed by atoms with E-state index in [1.807, 2.05) is 25.7 Å². The van der Waals surface area contributed by atoms with E-state index < -0.39 is 5.60 Å². The topological polar surface area (TPSA) is 29.5 Å². The zero-order valence-electron chi connectivity index (χ0n) is 10.8. The number of rotatable bonds is 0. The molecule has 0 spiro atoms. The van der Waals surface area contributed by atoms with Crippen molar-refractivity contribution in [1.82, 2.24) is 4.90 Å². The molecule has 0 aromatic rings. The highest BCUT2D eigenvalue weighted by Gasteiger charge is 2.34. The second-order valence-electron chi connectivity index (χ2n) is 5.72. The Kier molecular flexibility index (Phi) is 3.27. The highest BCUT2D eigenvalue weighted by molar-refractivity contribution is 5.70. The summed E-state index contributed by atoms with van der Waals surface area (Å²) in [6.07, 6.45) is 11.2. The first kappa shape index (κ1) is 12.2. The van der Waals surface area contributed by atoms with Crippen molar-refractivity contribution in [1.29, 1.82) is 0 Å². The first-order valence-corrected chi connectivity index (χ1v) is 6.30. The number of hydrogen-bond donors (Lipinski definition) is 0. The van der Waals surface area contributed by atoms with Gasteiger partial charge in [-0.05, 0) is 40.0 Å². The maximum Gasteiger partial charge on any atom is 0.411 e. The van der Waals surface area contributed by atoms with Gasteiger partial charge in [0.2, 0.25) is 0 Å². The van der Waals surface area contributed by atoms with Crippen LogP contribution in [0, 0.1) is 0 Å². The van der Waals surface area contributed by atoms with Crippen molar-refractivity contribution in [2.45, 2.75) is 57.7 Å². The molecule has 2 bridgehead atoms. The molecule has 0 fully saturated rings. The van der Waals surface area contributed by atoms with Crippen LogP contribution in [0.2, 0.25) is 0 Å². The highest BCUT2D eigenvalue weighted by Crippen LogP contribution is 2.27. The van der Waals surface area contributed by atoms with Crippen molar-refractivity contribution >= 4 is 6.09 Å². The minimum Gasteiger partial charge on any atom is -0.444 e. The molecular formula is C14H21NO2. The van der Waals surface area contributed by atoms with E-state index in [1.165, 1.54) is 0 Å². The lowest BCUT2D eigenvalue weighted by molar-refractivity contribution is 0.00940. The molecule has 2 aliphatic heterocycles. The van der Waals surface area contributed by atoms with Crippen LogP contribution in [0.4, 0.5) is 4.79 Å². The second-order valence-corrected chi connectivity index (χ2v) is 5.72. The molecular weight excluding hydrogens is 214 g/mol. The third kappa shape index (κ3) is 2.90. The zero-order chi connectivity index (χ0) is 12.5. The van der Waals surface area contributed by atoms with Gasteiger partial charge in [-0.2, -0.15) is 0 Å². The van der Waals surface area contributed by atoms with Crippen LogP contribution in [-0.2, 0) is 4.74 Å². The van der Waals surface area contributed by atoms with E-state index in [-0.39, 0.29) is 18.2 Å². The van der Waals surface area contributed by atoms with E-state index in [4.69, 9.17) is 4.74 Å². The average Bonchev–Trinajstić information content (AvgIpc) is 2.32. The van der Waals surface area contributed by atoms with Gasteiger partial charge in [-0.15, -0.1) is 0 Å². The van der Waals surface area contributed by atoms with Gasteiger partial charge in [0.1, 0.15) is 5.60 Å². The van der Waals surface area contributed by atoms with Crippen molar-refractivity contribution < 1.29 is 9.53 Å². The van der Waals surface area contributed by atoms with E-state index in [0.717, 1.165) is 19.3 Å². The lowest BCUT2D eigenvalue weighted by Gasteiger charge is -2.38. The number of carbonyl (C=O) groups excluding carboxylic acids is 1. The average molecular weight is 235 g/mol. The Morgan fingerprint density at radius 3 is 2.53 bits per heavy atom. The number of amides is 1. The summed E-state index contributed by atoms with van der Waals surface area (Å²) in [5, 5.41) is 0. The van der Waals surface area contributed by atoms with Gasteiger partial charge in [0.15, 0.2) is 0 Å². The smallest absolute Gasteiger partial charge is 0.411 e. The van der Waals surface area contributed by atoms with Crippen LogP contribution < -0.4 is 0 Å². The fourth-order valence-corrected chi connectivity index (χ4v) is 2.36. The van der Waals surface area contributed by atoms with Gasteiger partial charge >= 0.3 is 6.09 Å². The predicted molar refractivity (Wildman–Crippen MR) is 67.8 cm³/mol. The van der Waals surface area contributed by atoms with Crippen LogP contribution in [0.1, 0.15) is 40.0 Å². The van der Waals surface area contributed by atoms with Gasteiger partial charge in [0.25, 0.3) is 0 Å². The fourth-order valence-electron chi connectivity index (χ4n) is 2.36.